The van der Waals surface area contributed by atoms with Gasteiger partial charge >= 0.3 is 0 Å². The number of hydrogen-bond acceptors (Lipinski definition) is 6. The molecule has 2 aromatic rings. The molecule has 2 aliphatic heterocycles. The second-order valence-corrected chi connectivity index (χ2v) is 14.2. The predicted octanol–water partition coefficient (Wildman–Crippen LogP) is 7.57. The van der Waals surface area contributed by atoms with Gasteiger partial charge in [0, 0.05) is 47.4 Å². The summed E-state index contributed by atoms with van der Waals surface area (Å²) in [7, 11) is 1.65. The molecular weight excluding hydrogens is 574 g/mol. The number of hydrogen-bond donors (Lipinski definition) is 1. The molecule has 0 bridgehead atoms. The summed E-state index contributed by atoms with van der Waals surface area (Å²) < 4.78 is 45.0. The molecule has 0 unspecified atom stereocenters. The molecular formula is C37H50F2N2O4. The smallest absolute Gasteiger partial charge is 0.165 e. The van der Waals surface area contributed by atoms with Crippen LogP contribution in [0.5, 0.6) is 23.0 Å². The van der Waals surface area contributed by atoms with Crippen molar-refractivity contribution in [1.29, 1.82) is 0 Å². The quantitative estimate of drug-likeness (QED) is 0.343. The maximum atomic E-state index is 14.1. The zero-order valence-electron chi connectivity index (χ0n) is 26.8. The Kier molecular flexibility index (Phi) is 9.41. The van der Waals surface area contributed by atoms with Crippen LogP contribution in [0.15, 0.2) is 24.3 Å². The first-order chi connectivity index (χ1) is 22.0. The predicted molar refractivity (Wildman–Crippen MR) is 170 cm³/mol. The highest BCUT2D eigenvalue weighted by Gasteiger charge is 2.41. The molecule has 2 atom stereocenters. The van der Waals surface area contributed by atoms with Gasteiger partial charge in [-0.2, -0.15) is 0 Å². The van der Waals surface area contributed by atoms with Gasteiger partial charge in [-0.05, 0) is 88.5 Å². The number of benzene rings is 2. The monoisotopic (exact) mass is 624 g/mol. The van der Waals surface area contributed by atoms with Gasteiger partial charge in [-0.25, -0.2) is 8.78 Å². The van der Waals surface area contributed by atoms with Crippen molar-refractivity contribution >= 4 is 0 Å². The van der Waals surface area contributed by atoms with Crippen molar-refractivity contribution in [2.75, 3.05) is 20.3 Å². The van der Waals surface area contributed by atoms with Gasteiger partial charge in [0.05, 0.1) is 7.11 Å². The van der Waals surface area contributed by atoms with E-state index in [1.807, 2.05) is 0 Å². The molecule has 0 radical (unpaired) electrons. The van der Waals surface area contributed by atoms with Crippen LogP contribution in [0.2, 0.25) is 0 Å². The summed E-state index contributed by atoms with van der Waals surface area (Å²) in [5.41, 5.74) is 1.56. The van der Waals surface area contributed by atoms with Crippen LogP contribution in [-0.2, 0) is 12.8 Å². The third-order valence-corrected chi connectivity index (χ3v) is 11.6. The number of aromatic hydroxyl groups is 1. The average molecular weight is 625 g/mol. The molecule has 8 rings (SSSR count). The largest absolute Gasteiger partial charge is 0.508 e. The number of phenols is 1. The van der Waals surface area contributed by atoms with Crippen molar-refractivity contribution in [3.8, 4) is 23.0 Å². The van der Waals surface area contributed by atoms with Crippen LogP contribution in [0.1, 0.15) is 101 Å². The Morgan fingerprint density at radius 1 is 0.600 bits per heavy atom. The van der Waals surface area contributed by atoms with E-state index in [1.54, 1.807) is 13.2 Å². The molecule has 0 saturated heterocycles. The summed E-state index contributed by atoms with van der Waals surface area (Å²) in [6.45, 7) is 1.14. The number of methoxy groups -OCH3 is 1. The maximum absolute atomic E-state index is 14.1. The third-order valence-electron chi connectivity index (χ3n) is 11.6. The first-order valence-corrected chi connectivity index (χ1v) is 17.7. The molecule has 6 aliphatic rings. The van der Waals surface area contributed by atoms with E-state index >= 15 is 0 Å². The Bertz CT molecular complexity index is 1320. The van der Waals surface area contributed by atoms with Crippen molar-refractivity contribution in [3.63, 3.8) is 0 Å². The highest BCUT2D eigenvalue weighted by Crippen LogP contribution is 2.42. The minimum absolute atomic E-state index is 0.168. The van der Waals surface area contributed by atoms with Crippen molar-refractivity contribution in [3.05, 3.63) is 47.0 Å². The van der Waals surface area contributed by atoms with E-state index in [-0.39, 0.29) is 29.2 Å². The number of nitrogens with zero attached hydrogens (tertiary/aromatic N) is 2. The van der Waals surface area contributed by atoms with Gasteiger partial charge in [0.15, 0.2) is 23.1 Å². The Morgan fingerprint density at radius 2 is 1.02 bits per heavy atom. The van der Waals surface area contributed by atoms with E-state index in [4.69, 9.17) is 14.2 Å². The standard InChI is InChI=1S/C19H26FNO2.C18H24FNO2/c1-22-18-10-9-17(20)19-16(18)11-15(12-23-19)21(14-7-4-8-14)13-5-2-3-6-13;19-16-8-9-17(21)15-10-14(11-22-18(15)16)20(13-6-3-7-13)12-4-1-2-5-12/h9-10,13-15H,2-8,11-12H2,1H3;8-9,12-14,21H,1-7,10-11H2/t15-;14-/m11/s1. The lowest BCUT2D eigenvalue weighted by Gasteiger charge is -2.47. The molecule has 2 heterocycles. The van der Waals surface area contributed by atoms with E-state index in [1.165, 1.54) is 108 Å². The minimum atomic E-state index is -0.359. The summed E-state index contributed by atoms with van der Waals surface area (Å²) in [6, 6.07) is 9.23. The number of ether oxygens (including phenoxy) is 3. The van der Waals surface area contributed by atoms with Crippen LogP contribution in [0.4, 0.5) is 8.78 Å². The normalized spacial score (nSPS) is 25.4. The average Bonchev–Trinajstić information content (AvgIpc) is 3.74. The van der Waals surface area contributed by atoms with E-state index in [0.29, 0.717) is 61.2 Å². The fourth-order valence-corrected chi connectivity index (χ4v) is 8.96. The van der Waals surface area contributed by atoms with Crippen molar-refractivity contribution in [1.82, 2.24) is 9.80 Å². The van der Waals surface area contributed by atoms with Crippen molar-refractivity contribution in [2.45, 2.75) is 139 Å². The fraction of sp³-hybridized carbons (Fsp3) is 0.676. The maximum Gasteiger partial charge on any atom is 0.165 e. The zero-order chi connectivity index (χ0) is 30.9. The Morgan fingerprint density at radius 3 is 1.47 bits per heavy atom. The van der Waals surface area contributed by atoms with Gasteiger partial charge in [0.2, 0.25) is 0 Å². The molecule has 8 heteroatoms. The molecule has 45 heavy (non-hydrogen) atoms. The molecule has 2 aromatic carbocycles. The molecule has 1 N–H and O–H groups in total. The number of rotatable bonds is 7. The Labute approximate surface area is 267 Å². The molecule has 4 aliphatic carbocycles. The van der Waals surface area contributed by atoms with Crippen LogP contribution < -0.4 is 14.2 Å². The van der Waals surface area contributed by atoms with Crippen molar-refractivity contribution < 1.29 is 28.1 Å². The van der Waals surface area contributed by atoms with Crippen LogP contribution in [0.3, 0.4) is 0 Å². The van der Waals surface area contributed by atoms with E-state index in [2.05, 4.69) is 9.80 Å². The second kappa shape index (κ2) is 13.6. The summed E-state index contributed by atoms with van der Waals surface area (Å²) in [4.78, 5) is 5.38. The third kappa shape index (κ3) is 6.26. The van der Waals surface area contributed by atoms with Gasteiger partial charge in [-0.15, -0.1) is 0 Å². The molecule has 0 aromatic heterocycles. The first kappa shape index (κ1) is 31.0. The SMILES string of the molecule is COc1ccc(F)c2c1C[C@@H](N(C1CCCC1)C1CCC1)CO2.Oc1ccc(F)c2c1C[C@@H](N(C1CCCC1)C1CCC1)CO2. The lowest BCUT2D eigenvalue weighted by Crippen LogP contribution is -2.55. The van der Waals surface area contributed by atoms with Gasteiger partial charge in [-0.1, -0.05) is 38.5 Å². The number of halogens is 2. The van der Waals surface area contributed by atoms with Gasteiger partial charge < -0.3 is 19.3 Å². The Balaban J connectivity index is 0.000000145. The molecule has 4 fully saturated rings. The molecule has 0 amide bonds. The molecule has 246 valence electrons. The Hall–Kier alpha value is -2.58. The lowest BCUT2D eigenvalue weighted by atomic mass is 9.87. The fourth-order valence-electron chi connectivity index (χ4n) is 8.96. The second-order valence-electron chi connectivity index (χ2n) is 14.2. The van der Waals surface area contributed by atoms with E-state index in [9.17, 15) is 13.9 Å². The first-order valence-electron chi connectivity index (χ1n) is 17.7. The van der Waals surface area contributed by atoms with Crippen molar-refractivity contribution in [2.24, 2.45) is 0 Å². The van der Waals surface area contributed by atoms with Crippen LogP contribution in [0.25, 0.3) is 0 Å². The van der Waals surface area contributed by atoms with E-state index in [0.717, 1.165) is 17.7 Å². The summed E-state index contributed by atoms with van der Waals surface area (Å²) in [5, 5.41) is 10.1. The highest BCUT2D eigenvalue weighted by molar-refractivity contribution is 5.48. The number of phenolic OH excluding ortho intramolecular Hbond substituents is 1. The van der Waals surface area contributed by atoms with Gasteiger partial charge in [0.1, 0.15) is 24.7 Å². The summed E-state index contributed by atoms with van der Waals surface area (Å²) in [5.74, 6) is 0.960. The van der Waals surface area contributed by atoms with Crippen LogP contribution in [-0.4, -0.2) is 71.5 Å². The van der Waals surface area contributed by atoms with Gasteiger partial charge in [0.25, 0.3) is 0 Å². The minimum Gasteiger partial charge on any atom is -0.508 e. The number of fused-ring (bicyclic) bond motifs is 2. The van der Waals surface area contributed by atoms with E-state index < -0.39 is 0 Å². The molecule has 6 nitrogen and oxygen atoms in total. The molecule has 4 saturated carbocycles. The molecule has 0 spiro atoms. The summed E-state index contributed by atoms with van der Waals surface area (Å²) >= 11 is 0. The zero-order valence-corrected chi connectivity index (χ0v) is 26.8. The highest BCUT2D eigenvalue weighted by atomic mass is 19.1. The van der Waals surface area contributed by atoms with Crippen LogP contribution >= 0.6 is 0 Å². The van der Waals surface area contributed by atoms with Gasteiger partial charge in [-0.3, -0.25) is 9.80 Å². The lowest BCUT2D eigenvalue weighted by molar-refractivity contribution is 0.00876. The summed E-state index contributed by atoms with van der Waals surface area (Å²) in [6.07, 6.45) is 19.8. The topological polar surface area (TPSA) is 54.4 Å². The van der Waals surface area contributed by atoms with Crippen LogP contribution in [0, 0.1) is 11.6 Å².